The van der Waals surface area contributed by atoms with Gasteiger partial charge in [0.2, 0.25) is 0 Å². The summed E-state index contributed by atoms with van der Waals surface area (Å²) in [5.74, 6) is -1.56. The summed E-state index contributed by atoms with van der Waals surface area (Å²) in [7, 11) is -1.76. The smallest absolute Gasteiger partial charge is 0.140 e. The van der Waals surface area contributed by atoms with Crippen LogP contribution in [0.25, 0.3) is 11.1 Å². The lowest BCUT2D eigenvalue weighted by Crippen LogP contribution is -2.39. The fourth-order valence-electron chi connectivity index (χ4n) is 2.03. The second-order valence-electron chi connectivity index (χ2n) is 5.70. The molecule has 0 aliphatic rings. The molecular weight excluding hydrogens is 392 g/mol. The van der Waals surface area contributed by atoms with Crippen LogP contribution >= 0.6 is 22.6 Å². The van der Waals surface area contributed by atoms with E-state index in [1.165, 1.54) is 18.2 Å². The van der Waals surface area contributed by atoms with Gasteiger partial charge in [0.15, 0.2) is 0 Å². The van der Waals surface area contributed by atoms with Crippen LogP contribution in [0, 0.1) is 21.0 Å². The van der Waals surface area contributed by atoms with Gasteiger partial charge in [-0.3, -0.25) is 0 Å². The summed E-state index contributed by atoms with van der Waals surface area (Å²) < 4.78 is 41.2. The SMILES string of the molecule is C[Si](C)(C)c1ccc(-c2cc(F)c(I)c(F)c2)cc1F. The number of halogens is 4. The summed E-state index contributed by atoms with van der Waals surface area (Å²) in [4.78, 5) is 0. The van der Waals surface area contributed by atoms with Crippen LogP contribution in [0.4, 0.5) is 13.2 Å². The van der Waals surface area contributed by atoms with Crippen molar-refractivity contribution in [2.45, 2.75) is 19.6 Å². The van der Waals surface area contributed by atoms with Crippen molar-refractivity contribution in [2.24, 2.45) is 0 Å². The fourth-order valence-corrected chi connectivity index (χ4v) is 3.71. The van der Waals surface area contributed by atoms with Crippen LogP contribution in [0.1, 0.15) is 0 Å². The minimum Gasteiger partial charge on any atom is -0.207 e. The molecule has 0 radical (unpaired) electrons. The summed E-state index contributed by atoms with van der Waals surface area (Å²) in [6, 6.07) is 7.26. The molecule has 0 fully saturated rings. The molecule has 0 saturated carbocycles. The molecule has 0 saturated heterocycles. The van der Waals surface area contributed by atoms with Crippen LogP contribution in [-0.4, -0.2) is 8.07 Å². The molecule has 0 nitrogen and oxygen atoms in total. The van der Waals surface area contributed by atoms with Crippen molar-refractivity contribution in [3.05, 3.63) is 51.4 Å². The summed E-state index contributed by atoms with van der Waals surface area (Å²) in [6.07, 6.45) is 0. The monoisotopic (exact) mass is 406 g/mol. The van der Waals surface area contributed by atoms with Gasteiger partial charge >= 0.3 is 0 Å². The zero-order chi connectivity index (χ0) is 15.1. The molecule has 2 aromatic rings. The Kier molecular flexibility index (Phi) is 4.29. The molecule has 0 bridgehead atoms. The van der Waals surface area contributed by atoms with E-state index in [-0.39, 0.29) is 9.39 Å². The van der Waals surface area contributed by atoms with E-state index in [0.717, 1.165) is 0 Å². The molecule has 0 aliphatic heterocycles. The van der Waals surface area contributed by atoms with Gasteiger partial charge in [-0.25, -0.2) is 13.2 Å². The third-order valence-corrected chi connectivity index (χ3v) is 6.15. The van der Waals surface area contributed by atoms with E-state index in [0.29, 0.717) is 16.3 Å². The van der Waals surface area contributed by atoms with Crippen LogP contribution in [0.15, 0.2) is 30.3 Å². The highest BCUT2D eigenvalue weighted by molar-refractivity contribution is 14.1. The van der Waals surface area contributed by atoms with Crippen molar-refractivity contribution in [3.8, 4) is 11.1 Å². The van der Waals surface area contributed by atoms with Gasteiger partial charge in [0.25, 0.3) is 0 Å². The Labute approximate surface area is 131 Å². The quantitative estimate of drug-likeness (QED) is 0.377. The zero-order valence-corrected chi connectivity index (χ0v) is 14.6. The number of rotatable bonds is 2. The van der Waals surface area contributed by atoms with E-state index in [4.69, 9.17) is 0 Å². The predicted molar refractivity (Wildman–Crippen MR) is 87.4 cm³/mol. The van der Waals surface area contributed by atoms with E-state index < -0.39 is 19.7 Å². The highest BCUT2D eigenvalue weighted by Crippen LogP contribution is 2.26. The van der Waals surface area contributed by atoms with Crippen LogP contribution in [-0.2, 0) is 0 Å². The molecule has 5 heteroatoms. The number of hydrogen-bond acceptors (Lipinski definition) is 0. The van der Waals surface area contributed by atoms with E-state index >= 15 is 0 Å². The summed E-state index contributed by atoms with van der Waals surface area (Å²) in [5.41, 5.74) is 0.833. The first kappa shape index (κ1) is 15.6. The Morgan fingerprint density at radius 3 is 1.75 bits per heavy atom. The molecule has 2 aromatic carbocycles. The molecule has 0 spiro atoms. The van der Waals surface area contributed by atoms with Gasteiger partial charge in [0.05, 0.1) is 11.6 Å². The van der Waals surface area contributed by atoms with Crippen LogP contribution in [0.5, 0.6) is 0 Å². The maximum atomic E-state index is 14.2. The minimum absolute atomic E-state index is 0.0504. The van der Waals surface area contributed by atoms with Crippen molar-refractivity contribution in [1.29, 1.82) is 0 Å². The molecular formula is C15H14F3ISi. The molecule has 0 amide bonds. The van der Waals surface area contributed by atoms with Crippen molar-refractivity contribution >= 4 is 35.9 Å². The summed E-state index contributed by atoms with van der Waals surface area (Å²) >= 11 is 1.61. The molecule has 106 valence electrons. The van der Waals surface area contributed by atoms with Crippen LogP contribution < -0.4 is 5.19 Å². The zero-order valence-electron chi connectivity index (χ0n) is 11.4. The molecule has 0 N–H and O–H groups in total. The Balaban J connectivity index is 2.53. The number of hydrogen-bond donors (Lipinski definition) is 0. The van der Waals surface area contributed by atoms with Crippen molar-refractivity contribution in [1.82, 2.24) is 0 Å². The van der Waals surface area contributed by atoms with Gasteiger partial charge < -0.3 is 0 Å². The average Bonchev–Trinajstić information content (AvgIpc) is 2.33. The normalized spacial score (nSPS) is 11.8. The fraction of sp³-hybridized carbons (Fsp3) is 0.200. The second-order valence-corrected chi connectivity index (χ2v) is 11.8. The second kappa shape index (κ2) is 5.52. The van der Waals surface area contributed by atoms with Crippen molar-refractivity contribution in [2.75, 3.05) is 0 Å². The Bertz CT molecular complexity index is 640. The van der Waals surface area contributed by atoms with Gasteiger partial charge in [-0.1, -0.05) is 31.8 Å². The van der Waals surface area contributed by atoms with Crippen LogP contribution in [0.2, 0.25) is 19.6 Å². The maximum absolute atomic E-state index is 14.2. The molecule has 0 atom stereocenters. The highest BCUT2D eigenvalue weighted by atomic mass is 127. The maximum Gasteiger partial charge on any atom is 0.140 e. The average molecular weight is 406 g/mol. The largest absolute Gasteiger partial charge is 0.207 e. The van der Waals surface area contributed by atoms with Gasteiger partial charge in [-0.15, -0.1) is 0 Å². The first-order valence-electron chi connectivity index (χ1n) is 6.15. The molecule has 20 heavy (non-hydrogen) atoms. The van der Waals surface area contributed by atoms with E-state index in [1.54, 1.807) is 34.7 Å². The highest BCUT2D eigenvalue weighted by Gasteiger charge is 2.21. The predicted octanol–water partition coefficient (Wildman–Crippen LogP) is 4.92. The van der Waals surface area contributed by atoms with Crippen LogP contribution in [0.3, 0.4) is 0 Å². The van der Waals surface area contributed by atoms with Gasteiger partial charge in [0.1, 0.15) is 17.5 Å². The van der Waals surface area contributed by atoms with E-state index in [2.05, 4.69) is 19.6 Å². The first-order chi connectivity index (χ1) is 9.20. The van der Waals surface area contributed by atoms with E-state index in [9.17, 15) is 13.2 Å². The lowest BCUT2D eigenvalue weighted by atomic mass is 10.1. The molecule has 0 unspecified atom stereocenters. The standard InChI is InChI=1S/C15H14F3ISi/c1-20(2,3)14-5-4-9(6-11(14)16)10-7-12(17)15(19)13(18)8-10/h4-8H,1-3H3. The molecule has 0 aliphatic carbocycles. The molecule has 0 heterocycles. The lowest BCUT2D eigenvalue weighted by molar-refractivity contribution is 0.571. The third-order valence-electron chi connectivity index (χ3n) is 3.09. The van der Waals surface area contributed by atoms with Crippen molar-refractivity contribution in [3.63, 3.8) is 0 Å². The topological polar surface area (TPSA) is 0 Å². The van der Waals surface area contributed by atoms with Gasteiger partial charge in [-0.05, 0) is 57.1 Å². The Morgan fingerprint density at radius 2 is 1.30 bits per heavy atom. The summed E-state index contributed by atoms with van der Waals surface area (Å²) in [5, 5.41) is 0.715. The minimum atomic E-state index is -1.76. The molecule has 0 aromatic heterocycles. The van der Waals surface area contributed by atoms with E-state index in [1.807, 2.05) is 0 Å². The summed E-state index contributed by atoms with van der Waals surface area (Å²) in [6.45, 7) is 6.15. The Hall–Kier alpha value is -0.823. The lowest BCUT2D eigenvalue weighted by Gasteiger charge is -2.18. The Morgan fingerprint density at radius 1 is 0.800 bits per heavy atom. The number of benzene rings is 2. The van der Waals surface area contributed by atoms with Gasteiger partial charge in [0, 0.05) is 0 Å². The van der Waals surface area contributed by atoms with Gasteiger partial charge in [-0.2, -0.15) is 0 Å². The van der Waals surface area contributed by atoms with Crippen molar-refractivity contribution < 1.29 is 13.2 Å². The molecule has 2 rings (SSSR count). The first-order valence-corrected chi connectivity index (χ1v) is 10.7. The third kappa shape index (κ3) is 3.08.